The molecule has 184 valence electrons. The molecule has 1 aliphatic rings. The van der Waals surface area contributed by atoms with E-state index in [2.05, 4.69) is 15.4 Å². The lowest BCUT2D eigenvalue weighted by Crippen LogP contribution is -2.37. The van der Waals surface area contributed by atoms with Gasteiger partial charge in [0, 0.05) is 27.3 Å². The highest BCUT2D eigenvalue weighted by atomic mass is 19.1. The number of pyridine rings is 1. The van der Waals surface area contributed by atoms with Gasteiger partial charge in [0.2, 0.25) is 5.91 Å². The van der Waals surface area contributed by atoms with Crippen LogP contribution >= 0.6 is 0 Å². The number of ether oxygens (including phenoxy) is 1. The predicted molar refractivity (Wildman–Crippen MR) is 122 cm³/mol. The Labute approximate surface area is 198 Å². The van der Waals surface area contributed by atoms with Gasteiger partial charge in [0.15, 0.2) is 5.69 Å². The molecule has 13 heteroatoms. The van der Waals surface area contributed by atoms with Gasteiger partial charge in [-0.2, -0.15) is 9.61 Å². The number of halogens is 1. The summed E-state index contributed by atoms with van der Waals surface area (Å²) in [5.41, 5.74) is -0.260. The molecule has 1 atom stereocenters. The normalized spacial score (nSPS) is 13.7. The van der Waals surface area contributed by atoms with Crippen molar-refractivity contribution in [3.05, 3.63) is 57.5 Å². The summed E-state index contributed by atoms with van der Waals surface area (Å²) in [6, 6.07) is 3.47. The van der Waals surface area contributed by atoms with Crippen LogP contribution in [0, 0.1) is 5.82 Å². The second-order valence-electron chi connectivity index (χ2n) is 8.36. The molecule has 0 aliphatic carbocycles. The van der Waals surface area contributed by atoms with E-state index in [9.17, 15) is 23.6 Å². The SMILES string of the molecule is COCC(C)N1Cc2c(n(CC(=O)Nc3ccc(F)cn3)c3cc(C(=O)N(C)C)nn3c2=O)C1=O. The molecule has 0 fully saturated rings. The molecule has 3 aromatic rings. The number of methoxy groups -OCH3 is 1. The Bertz CT molecular complexity index is 1380. The summed E-state index contributed by atoms with van der Waals surface area (Å²) in [6.07, 6.45) is 0.958. The first kappa shape index (κ1) is 24.0. The third kappa shape index (κ3) is 4.37. The Hall–Kier alpha value is -4.13. The van der Waals surface area contributed by atoms with Gasteiger partial charge < -0.3 is 24.4 Å². The molecule has 3 aromatic heterocycles. The van der Waals surface area contributed by atoms with Crippen LogP contribution in [-0.4, -0.2) is 80.5 Å². The van der Waals surface area contributed by atoms with Crippen LogP contribution in [0.5, 0.6) is 0 Å². The minimum absolute atomic E-state index is 0.00538. The van der Waals surface area contributed by atoms with Crippen molar-refractivity contribution < 1.29 is 23.5 Å². The van der Waals surface area contributed by atoms with E-state index in [0.717, 1.165) is 16.8 Å². The summed E-state index contributed by atoms with van der Waals surface area (Å²) in [5.74, 6) is -1.91. The second-order valence-corrected chi connectivity index (χ2v) is 8.36. The van der Waals surface area contributed by atoms with Crippen LogP contribution in [-0.2, 0) is 22.6 Å². The predicted octanol–water partition coefficient (Wildman–Crippen LogP) is 0.361. The van der Waals surface area contributed by atoms with E-state index < -0.39 is 29.1 Å². The molecular weight excluding hydrogens is 461 g/mol. The third-order valence-corrected chi connectivity index (χ3v) is 5.63. The van der Waals surface area contributed by atoms with Gasteiger partial charge in [-0.1, -0.05) is 0 Å². The van der Waals surface area contributed by atoms with E-state index in [0.29, 0.717) is 0 Å². The van der Waals surface area contributed by atoms with Gasteiger partial charge in [-0.15, -0.1) is 0 Å². The van der Waals surface area contributed by atoms with Crippen LogP contribution in [0.15, 0.2) is 29.2 Å². The summed E-state index contributed by atoms with van der Waals surface area (Å²) in [7, 11) is 4.59. The number of carbonyl (C=O) groups excluding carboxylic acids is 3. The lowest BCUT2D eigenvalue weighted by atomic mass is 10.2. The zero-order chi connectivity index (χ0) is 25.4. The maximum atomic E-state index is 13.4. The molecule has 0 saturated carbocycles. The van der Waals surface area contributed by atoms with Gasteiger partial charge in [-0.05, 0) is 19.1 Å². The van der Waals surface area contributed by atoms with Crippen LogP contribution < -0.4 is 10.9 Å². The molecule has 3 amide bonds. The molecule has 0 radical (unpaired) electrons. The van der Waals surface area contributed by atoms with Gasteiger partial charge in [-0.25, -0.2) is 9.37 Å². The summed E-state index contributed by atoms with van der Waals surface area (Å²) in [4.78, 5) is 58.6. The van der Waals surface area contributed by atoms with Gasteiger partial charge in [0.25, 0.3) is 17.4 Å². The molecule has 4 rings (SSSR count). The number of amides is 3. The Morgan fingerprint density at radius 1 is 1.29 bits per heavy atom. The minimum Gasteiger partial charge on any atom is -0.383 e. The number of nitrogens with zero attached hydrogens (tertiary/aromatic N) is 6. The molecule has 35 heavy (non-hydrogen) atoms. The highest BCUT2D eigenvalue weighted by Crippen LogP contribution is 2.25. The number of carbonyl (C=O) groups is 3. The van der Waals surface area contributed by atoms with E-state index in [1.165, 1.54) is 33.6 Å². The lowest BCUT2D eigenvalue weighted by molar-refractivity contribution is -0.116. The highest BCUT2D eigenvalue weighted by molar-refractivity contribution is 5.99. The Kier molecular flexibility index (Phi) is 6.35. The van der Waals surface area contributed by atoms with Gasteiger partial charge >= 0.3 is 0 Å². The van der Waals surface area contributed by atoms with E-state index in [1.807, 2.05) is 0 Å². The molecule has 1 unspecified atom stereocenters. The standard InChI is InChI=1S/C22H24FN7O5/c1-12(11-35-4)28-9-14-19(22(28)34)29(10-17(31)25-16-6-5-13(23)8-24-16)18-7-15(21(33)27(2)3)26-30(18)20(14)32/h5-8,12H,9-11H2,1-4H3,(H,24,25,31). The molecule has 0 saturated heterocycles. The largest absolute Gasteiger partial charge is 0.383 e. The zero-order valence-corrected chi connectivity index (χ0v) is 19.6. The molecule has 0 bridgehead atoms. The molecule has 1 N–H and O–H groups in total. The van der Waals surface area contributed by atoms with E-state index >= 15 is 0 Å². The number of hydrogen-bond acceptors (Lipinski definition) is 7. The lowest BCUT2D eigenvalue weighted by Gasteiger charge is -2.23. The first-order valence-corrected chi connectivity index (χ1v) is 10.7. The number of nitrogens with one attached hydrogen (secondary N) is 1. The van der Waals surface area contributed by atoms with Crippen molar-refractivity contribution >= 4 is 29.2 Å². The number of aromatic nitrogens is 4. The molecule has 12 nitrogen and oxygen atoms in total. The van der Waals surface area contributed by atoms with Crippen molar-refractivity contribution in [3.8, 4) is 0 Å². The molecule has 4 heterocycles. The van der Waals surface area contributed by atoms with Crippen LogP contribution in [0.4, 0.5) is 10.2 Å². The van der Waals surface area contributed by atoms with E-state index in [4.69, 9.17) is 4.74 Å². The number of fused-ring (bicyclic) bond motifs is 2. The van der Waals surface area contributed by atoms with Crippen LogP contribution in [0.2, 0.25) is 0 Å². The number of rotatable bonds is 7. The maximum Gasteiger partial charge on any atom is 0.280 e. The average molecular weight is 485 g/mol. The van der Waals surface area contributed by atoms with Crippen molar-refractivity contribution in [2.24, 2.45) is 0 Å². The molecular formula is C22H24FN7O5. The molecule has 0 aromatic carbocycles. The Balaban J connectivity index is 1.82. The van der Waals surface area contributed by atoms with Gasteiger partial charge in [-0.3, -0.25) is 19.2 Å². The summed E-state index contributed by atoms with van der Waals surface area (Å²) in [5, 5.41) is 6.70. The van der Waals surface area contributed by atoms with Crippen molar-refractivity contribution in [1.29, 1.82) is 0 Å². The smallest absolute Gasteiger partial charge is 0.280 e. The monoisotopic (exact) mass is 485 g/mol. The summed E-state index contributed by atoms with van der Waals surface area (Å²) in [6.45, 7) is 1.66. The average Bonchev–Trinajstić information content (AvgIpc) is 3.40. The minimum atomic E-state index is -0.574. The fourth-order valence-corrected chi connectivity index (χ4v) is 3.94. The first-order chi connectivity index (χ1) is 16.6. The maximum absolute atomic E-state index is 13.4. The van der Waals surface area contributed by atoms with Gasteiger partial charge in [0.05, 0.1) is 31.0 Å². The van der Waals surface area contributed by atoms with Crippen LogP contribution in [0.3, 0.4) is 0 Å². The second kappa shape index (κ2) is 9.25. The van der Waals surface area contributed by atoms with Crippen molar-refractivity contribution in [2.45, 2.75) is 26.1 Å². The first-order valence-electron chi connectivity index (χ1n) is 10.7. The Morgan fingerprint density at radius 2 is 2.03 bits per heavy atom. The van der Waals surface area contributed by atoms with E-state index in [1.54, 1.807) is 21.0 Å². The van der Waals surface area contributed by atoms with Crippen molar-refractivity contribution in [3.63, 3.8) is 0 Å². The number of hydrogen-bond donors (Lipinski definition) is 1. The zero-order valence-electron chi connectivity index (χ0n) is 19.6. The van der Waals surface area contributed by atoms with Gasteiger partial charge in [0.1, 0.15) is 29.5 Å². The topological polar surface area (TPSA) is 131 Å². The summed E-state index contributed by atoms with van der Waals surface area (Å²) < 4.78 is 20.7. The van der Waals surface area contributed by atoms with Crippen LogP contribution in [0.1, 0.15) is 33.5 Å². The highest BCUT2D eigenvalue weighted by Gasteiger charge is 2.37. The fraction of sp³-hybridized carbons (Fsp3) is 0.364. The summed E-state index contributed by atoms with van der Waals surface area (Å²) >= 11 is 0. The fourth-order valence-electron chi connectivity index (χ4n) is 3.94. The Morgan fingerprint density at radius 3 is 2.66 bits per heavy atom. The molecule has 1 aliphatic heterocycles. The van der Waals surface area contributed by atoms with E-state index in [-0.39, 0.29) is 54.2 Å². The number of anilines is 1. The van der Waals surface area contributed by atoms with Crippen molar-refractivity contribution in [2.75, 3.05) is 33.1 Å². The molecule has 0 spiro atoms. The van der Waals surface area contributed by atoms with Crippen molar-refractivity contribution in [1.82, 2.24) is 29.0 Å². The third-order valence-electron chi connectivity index (χ3n) is 5.63. The van der Waals surface area contributed by atoms with Crippen LogP contribution in [0.25, 0.3) is 5.65 Å². The quantitative estimate of drug-likeness (QED) is 0.511.